The number of carbonyl (C=O) groups excluding carboxylic acids is 2. The summed E-state index contributed by atoms with van der Waals surface area (Å²) in [5, 5.41) is 2.75. The molecule has 1 aromatic carbocycles. The van der Waals surface area contributed by atoms with Crippen LogP contribution in [0.3, 0.4) is 0 Å². The van der Waals surface area contributed by atoms with Gasteiger partial charge in [0, 0.05) is 25.3 Å². The number of methoxy groups -OCH3 is 1. The Kier molecular flexibility index (Phi) is 6.45. The number of hydrogen-bond donors (Lipinski definition) is 1. The van der Waals surface area contributed by atoms with Crippen LogP contribution >= 0.6 is 0 Å². The molecule has 2 aliphatic rings. The van der Waals surface area contributed by atoms with Gasteiger partial charge in [0.15, 0.2) is 0 Å². The summed E-state index contributed by atoms with van der Waals surface area (Å²) >= 11 is 0. The average Bonchev–Trinajstić information content (AvgIpc) is 3.17. The minimum atomic E-state index is -3.64. The quantitative estimate of drug-likeness (QED) is 0.787. The van der Waals surface area contributed by atoms with Gasteiger partial charge in [0.1, 0.15) is 6.04 Å². The minimum absolute atomic E-state index is 0.161. The highest BCUT2D eigenvalue weighted by Crippen LogP contribution is 2.24. The van der Waals surface area contributed by atoms with Crippen molar-refractivity contribution < 1.29 is 27.5 Å². The maximum Gasteiger partial charge on any atom is 0.410 e. The van der Waals surface area contributed by atoms with Gasteiger partial charge in [-0.15, -0.1) is 0 Å². The topological polar surface area (TPSA) is 105 Å². The number of anilines is 1. The molecule has 2 saturated heterocycles. The molecule has 29 heavy (non-hydrogen) atoms. The molecule has 0 spiro atoms. The van der Waals surface area contributed by atoms with E-state index in [0.29, 0.717) is 31.7 Å². The van der Waals surface area contributed by atoms with Gasteiger partial charge in [-0.05, 0) is 51.0 Å². The Hall–Kier alpha value is -2.17. The standard InChI is InChI=1S/C19H27N3O6S/c1-13-11-21(12-14(2)28-13)29(25,26)16-8-6-15(7-9-16)20-18(23)17-5-4-10-22(17)19(24)27-3/h6-9,13-14,17H,4-5,10-12H2,1-3H3,(H,20,23). The summed E-state index contributed by atoms with van der Waals surface area (Å²) in [5.74, 6) is -0.320. The molecular formula is C19H27N3O6S. The number of ether oxygens (including phenoxy) is 2. The fraction of sp³-hybridized carbons (Fsp3) is 0.579. The van der Waals surface area contributed by atoms with Gasteiger partial charge in [0.25, 0.3) is 0 Å². The number of hydrogen-bond acceptors (Lipinski definition) is 6. The second kappa shape index (κ2) is 8.68. The van der Waals surface area contributed by atoms with Crippen molar-refractivity contribution >= 4 is 27.7 Å². The molecule has 2 fully saturated rings. The van der Waals surface area contributed by atoms with Gasteiger partial charge in [0.05, 0.1) is 24.2 Å². The first-order valence-electron chi connectivity index (χ1n) is 9.63. The molecule has 3 unspecified atom stereocenters. The third kappa shape index (κ3) is 4.71. The van der Waals surface area contributed by atoms with Gasteiger partial charge in [-0.1, -0.05) is 0 Å². The van der Waals surface area contributed by atoms with Crippen LogP contribution in [-0.4, -0.2) is 74.6 Å². The fourth-order valence-electron chi connectivity index (χ4n) is 3.79. The van der Waals surface area contributed by atoms with Crippen molar-refractivity contribution in [2.24, 2.45) is 0 Å². The number of nitrogens with zero attached hydrogens (tertiary/aromatic N) is 2. The largest absolute Gasteiger partial charge is 0.453 e. The monoisotopic (exact) mass is 425 g/mol. The van der Waals surface area contributed by atoms with Crippen LogP contribution in [-0.2, 0) is 24.3 Å². The number of likely N-dealkylation sites (tertiary alicyclic amines) is 1. The maximum absolute atomic E-state index is 12.9. The van der Waals surface area contributed by atoms with Gasteiger partial charge in [-0.2, -0.15) is 4.31 Å². The van der Waals surface area contributed by atoms with E-state index in [2.05, 4.69) is 5.32 Å². The normalized spacial score (nSPS) is 25.6. The zero-order valence-electron chi connectivity index (χ0n) is 16.8. The van der Waals surface area contributed by atoms with Gasteiger partial charge in [-0.3, -0.25) is 9.69 Å². The van der Waals surface area contributed by atoms with Crippen molar-refractivity contribution in [3.8, 4) is 0 Å². The van der Waals surface area contributed by atoms with Crippen molar-refractivity contribution in [1.29, 1.82) is 0 Å². The van der Waals surface area contributed by atoms with Crippen LogP contribution in [0.1, 0.15) is 26.7 Å². The molecule has 0 radical (unpaired) electrons. The van der Waals surface area contributed by atoms with E-state index in [0.717, 1.165) is 6.42 Å². The smallest absolute Gasteiger partial charge is 0.410 e. The van der Waals surface area contributed by atoms with Gasteiger partial charge >= 0.3 is 6.09 Å². The molecule has 2 amide bonds. The Morgan fingerprint density at radius 3 is 2.34 bits per heavy atom. The third-order valence-electron chi connectivity index (χ3n) is 5.11. The lowest BCUT2D eigenvalue weighted by Gasteiger charge is -2.34. The molecule has 10 heteroatoms. The lowest BCUT2D eigenvalue weighted by atomic mass is 10.2. The molecule has 9 nitrogen and oxygen atoms in total. The van der Waals surface area contributed by atoms with E-state index in [1.165, 1.54) is 28.4 Å². The second-order valence-electron chi connectivity index (χ2n) is 7.41. The molecule has 3 atom stereocenters. The summed E-state index contributed by atoms with van der Waals surface area (Å²) in [6.45, 7) is 4.76. The maximum atomic E-state index is 12.9. The predicted molar refractivity (Wildman–Crippen MR) is 106 cm³/mol. The summed E-state index contributed by atoms with van der Waals surface area (Å²) in [6, 6.07) is 5.46. The summed E-state index contributed by atoms with van der Waals surface area (Å²) in [7, 11) is -2.36. The van der Waals surface area contributed by atoms with Crippen LogP contribution in [0.2, 0.25) is 0 Å². The molecule has 2 heterocycles. The molecule has 0 saturated carbocycles. The van der Waals surface area contributed by atoms with Crippen molar-refractivity contribution in [1.82, 2.24) is 9.21 Å². The fourth-order valence-corrected chi connectivity index (χ4v) is 5.38. The lowest BCUT2D eigenvalue weighted by Crippen LogP contribution is -2.48. The van der Waals surface area contributed by atoms with Crippen LogP contribution in [0.25, 0.3) is 0 Å². The summed E-state index contributed by atoms with van der Waals surface area (Å²) in [6.07, 6.45) is 0.409. The lowest BCUT2D eigenvalue weighted by molar-refractivity contribution is -0.119. The number of morpholine rings is 1. The highest BCUT2D eigenvalue weighted by atomic mass is 32.2. The number of nitrogens with one attached hydrogen (secondary N) is 1. The number of amides is 2. The first-order valence-corrected chi connectivity index (χ1v) is 11.1. The Labute approximate surface area is 171 Å². The van der Waals surface area contributed by atoms with Crippen molar-refractivity contribution in [2.75, 3.05) is 32.1 Å². The van der Waals surface area contributed by atoms with Crippen LogP contribution in [0.15, 0.2) is 29.2 Å². The summed E-state index contributed by atoms with van der Waals surface area (Å²) < 4.78 is 37.5. The number of sulfonamides is 1. The van der Waals surface area contributed by atoms with Gasteiger partial charge in [-0.25, -0.2) is 13.2 Å². The molecule has 2 aliphatic heterocycles. The van der Waals surface area contributed by atoms with Gasteiger partial charge in [0.2, 0.25) is 15.9 Å². The molecule has 0 bridgehead atoms. The Balaban J connectivity index is 1.68. The highest BCUT2D eigenvalue weighted by molar-refractivity contribution is 7.89. The second-order valence-corrected chi connectivity index (χ2v) is 9.35. The first kappa shape index (κ1) is 21.5. The Bertz CT molecular complexity index is 847. The first-order chi connectivity index (χ1) is 13.7. The van der Waals surface area contributed by atoms with Gasteiger partial charge < -0.3 is 14.8 Å². The molecule has 1 aromatic rings. The third-order valence-corrected chi connectivity index (χ3v) is 6.96. The minimum Gasteiger partial charge on any atom is -0.453 e. The van der Waals surface area contributed by atoms with Crippen LogP contribution < -0.4 is 5.32 Å². The molecule has 3 rings (SSSR count). The molecule has 0 aliphatic carbocycles. The van der Waals surface area contributed by atoms with E-state index in [9.17, 15) is 18.0 Å². The van der Waals surface area contributed by atoms with Crippen molar-refractivity contribution in [2.45, 2.75) is 49.8 Å². The van der Waals surface area contributed by atoms with E-state index in [1.807, 2.05) is 13.8 Å². The van der Waals surface area contributed by atoms with Crippen molar-refractivity contribution in [3.63, 3.8) is 0 Å². The van der Waals surface area contributed by atoms with Crippen LogP contribution in [0, 0.1) is 0 Å². The average molecular weight is 426 g/mol. The van der Waals surface area contributed by atoms with E-state index < -0.39 is 22.2 Å². The number of rotatable bonds is 4. The SMILES string of the molecule is COC(=O)N1CCCC1C(=O)Nc1ccc(S(=O)(=O)N2CC(C)OC(C)C2)cc1. The van der Waals surface area contributed by atoms with E-state index in [-0.39, 0.29) is 23.0 Å². The molecule has 1 N–H and O–H groups in total. The zero-order chi connectivity index (χ0) is 21.2. The van der Waals surface area contributed by atoms with Crippen molar-refractivity contribution in [3.05, 3.63) is 24.3 Å². The number of carbonyl (C=O) groups is 2. The molecular weight excluding hydrogens is 398 g/mol. The van der Waals surface area contributed by atoms with Crippen LogP contribution in [0.5, 0.6) is 0 Å². The van der Waals surface area contributed by atoms with E-state index in [1.54, 1.807) is 12.1 Å². The predicted octanol–water partition coefficient (Wildman–Crippen LogP) is 1.65. The van der Waals surface area contributed by atoms with E-state index in [4.69, 9.17) is 9.47 Å². The summed E-state index contributed by atoms with van der Waals surface area (Å²) in [4.78, 5) is 25.9. The Morgan fingerprint density at radius 2 is 1.76 bits per heavy atom. The highest BCUT2D eigenvalue weighted by Gasteiger charge is 2.35. The zero-order valence-corrected chi connectivity index (χ0v) is 17.6. The Morgan fingerprint density at radius 1 is 1.14 bits per heavy atom. The van der Waals surface area contributed by atoms with E-state index >= 15 is 0 Å². The molecule has 160 valence electrons. The van der Waals surface area contributed by atoms with Crippen LogP contribution in [0.4, 0.5) is 10.5 Å². The number of benzene rings is 1. The summed E-state index contributed by atoms with van der Waals surface area (Å²) in [5.41, 5.74) is 0.467. The molecule has 0 aromatic heterocycles.